The molecule has 1 fully saturated rings. The molecule has 2 aliphatic heterocycles. The molecule has 0 unspecified atom stereocenters. The van der Waals surface area contributed by atoms with Crippen LogP contribution >= 0.6 is 22.9 Å². The molecule has 2 aliphatic rings. The topological polar surface area (TPSA) is 77.5 Å². The molecule has 0 radical (unpaired) electrons. The molecule has 7 rings (SSSR count). The Balaban J connectivity index is 1.10. The summed E-state index contributed by atoms with van der Waals surface area (Å²) < 4.78 is 42.4. The highest BCUT2D eigenvalue weighted by Gasteiger charge is 2.34. The van der Waals surface area contributed by atoms with Crippen molar-refractivity contribution in [3.63, 3.8) is 0 Å². The lowest BCUT2D eigenvalue weighted by molar-refractivity contribution is -0.138. The van der Waals surface area contributed by atoms with Gasteiger partial charge in [0.1, 0.15) is 18.0 Å². The summed E-state index contributed by atoms with van der Waals surface area (Å²) in [5.41, 5.74) is 3.11. The quantitative estimate of drug-likeness (QED) is 0.224. The normalized spacial score (nSPS) is 15.2. The Morgan fingerprint density at radius 3 is 2.62 bits per heavy atom. The van der Waals surface area contributed by atoms with Crippen LogP contribution in [0.4, 0.5) is 30.5 Å². The third-order valence-corrected chi connectivity index (χ3v) is 9.28. The molecule has 0 atom stereocenters. The van der Waals surface area contributed by atoms with E-state index in [4.69, 9.17) is 11.6 Å². The zero-order valence-corrected chi connectivity index (χ0v) is 25.5. The number of alkyl halides is 3. The molecule has 5 heterocycles. The summed E-state index contributed by atoms with van der Waals surface area (Å²) in [7, 11) is 0. The van der Waals surface area contributed by atoms with E-state index in [1.54, 1.807) is 29.9 Å². The SMILES string of the molecule is O=C(c1cccc(-c2cnc3c(c2)N(Cc2cc(Cl)ccc2C(F)(F)F)CCN3)c1)N1CCN(c2ncnc3ccsc23)CC1. The Labute approximate surface area is 266 Å². The second-order valence-corrected chi connectivity index (χ2v) is 12.3. The van der Waals surface area contributed by atoms with Gasteiger partial charge in [-0.15, -0.1) is 11.3 Å². The Morgan fingerprint density at radius 1 is 0.956 bits per heavy atom. The average molecular weight is 650 g/mol. The fourth-order valence-corrected chi connectivity index (χ4v) is 6.95. The highest BCUT2D eigenvalue weighted by molar-refractivity contribution is 7.17. The number of amides is 1. The van der Waals surface area contributed by atoms with Gasteiger partial charge in [-0.05, 0) is 59.0 Å². The molecule has 230 valence electrons. The Bertz CT molecular complexity index is 1890. The van der Waals surface area contributed by atoms with E-state index in [9.17, 15) is 18.0 Å². The van der Waals surface area contributed by atoms with Crippen LogP contribution in [-0.2, 0) is 12.7 Å². The molecule has 0 bridgehead atoms. The minimum absolute atomic E-state index is 0.0206. The van der Waals surface area contributed by atoms with Crippen molar-refractivity contribution < 1.29 is 18.0 Å². The highest BCUT2D eigenvalue weighted by atomic mass is 35.5. The van der Waals surface area contributed by atoms with Gasteiger partial charge in [-0.1, -0.05) is 23.7 Å². The van der Waals surface area contributed by atoms with Gasteiger partial charge in [0.05, 0.1) is 21.5 Å². The molecule has 5 aromatic rings. The lowest BCUT2D eigenvalue weighted by atomic mass is 10.0. The molecule has 45 heavy (non-hydrogen) atoms. The third kappa shape index (κ3) is 5.87. The number of nitrogens with one attached hydrogen (secondary N) is 1. The van der Waals surface area contributed by atoms with E-state index >= 15 is 0 Å². The van der Waals surface area contributed by atoms with Gasteiger partial charge >= 0.3 is 6.18 Å². The van der Waals surface area contributed by atoms with Crippen LogP contribution in [-0.4, -0.2) is 65.0 Å². The number of hydrogen-bond donors (Lipinski definition) is 1. The summed E-state index contributed by atoms with van der Waals surface area (Å²) in [5.74, 6) is 1.43. The number of pyridine rings is 1. The summed E-state index contributed by atoms with van der Waals surface area (Å²) in [4.78, 5) is 32.9. The number of anilines is 3. The summed E-state index contributed by atoms with van der Waals surface area (Å²) >= 11 is 7.70. The second kappa shape index (κ2) is 11.8. The number of nitrogens with zero attached hydrogens (tertiary/aromatic N) is 6. The van der Waals surface area contributed by atoms with Gasteiger partial charge in [0.25, 0.3) is 5.91 Å². The number of halogens is 4. The molecular formula is C32H27ClF3N7OS. The van der Waals surface area contributed by atoms with Gasteiger partial charge in [-0.3, -0.25) is 4.79 Å². The van der Waals surface area contributed by atoms with Crippen LogP contribution in [0.1, 0.15) is 21.5 Å². The van der Waals surface area contributed by atoms with Gasteiger partial charge in [0.15, 0.2) is 0 Å². The first-order valence-electron chi connectivity index (χ1n) is 14.4. The summed E-state index contributed by atoms with van der Waals surface area (Å²) in [5, 5.41) is 5.49. The number of aromatic nitrogens is 3. The molecular weight excluding hydrogens is 623 g/mol. The van der Waals surface area contributed by atoms with Crippen molar-refractivity contribution >= 4 is 56.4 Å². The van der Waals surface area contributed by atoms with Crippen molar-refractivity contribution in [3.8, 4) is 11.1 Å². The van der Waals surface area contributed by atoms with Crippen LogP contribution in [0.15, 0.2) is 72.5 Å². The Hall–Kier alpha value is -4.42. The second-order valence-electron chi connectivity index (χ2n) is 10.9. The molecule has 0 saturated carbocycles. The van der Waals surface area contributed by atoms with Crippen molar-refractivity contribution in [2.24, 2.45) is 0 Å². The van der Waals surface area contributed by atoms with Crippen LogP contribution in [0.2, 0.25) is 5.02 Å². The van der Waals surface area contributed by atoms with E-state index in [0.717, 1.165) is 33.2 Å². The lowest BCUT2D eigenvalue weighted by Gasteiger charge is -2.35. The maximum absolute atomic E-state index is 13.8. The van der Waals surface area contributed by atoms with Crippen molar-refractivity contribution in [2.45, 2.75) is 12.7 Å². The molecule has 0 aliphatic carbocycles. The fourth-order valence-electron chi connectivity index (χ4n) is 5.89. The van der Waals surface area contributed by atoms with Crippen molar-refractivity contribution in [1.29, 1.82) is 0 Å². The molecule has 13 heteroatoms. The van der Waals surface area contributed by atoms with E-state index < -0.39 is 11.7 Å². The first-order chi connectivity index (χ1) is 21.7. The van der Waals surface area contributed by atoms with Crippen molar-refractivity contribution in [2.75, 3.05) is 54.4 Å². The minimum Gasteiger partial charge on any atom is -0.367 e. The maximum Gasteiger partial charge on any atom is 0.416 e. The number of carbonyl (C=O) groups is 1. The van der Waals surface area contributed by atoms with Gasteiger partial charge in [-0.25, -0.2) is 15.0 Å². The van der Waals surface area contributed by atoms with Gasteiger partial charge in [0, 0.05) is 68.2 Å². The largest absolute Gasteiger partial charge is 0.416 e. The standard InChI is InChI=1S/C32H27ClF3N7OS/c33-24-4-5-25(32(34,35)36)23(15-24)18-43-8-7-37-29-27(43)16-22(17-38-29)20-2-1-3-21(14-20)31(44)42-11-9-41(10-12-42)30-28-26(6-13-45-28)39-19-40-30/h1-6,13-17,19H,7-12,18H2,(H,37,38). The van der Waals surface area contributed by atoms with Crippen LogP contribution in [0.5, 0.6) is 0 Å². The summed E-state index contributed by atoms with van der Waals surface area (Å²) in [6.07, 6.45) is -1.20. The van der Waals surface area contributed by atoms with Gasteiger partial charge < -0.3 is 20.0 Å². The number of piperazine rings is 1. The molecule has 1 amide bonds. The molecule has 1 N–H and O–H groups in total. The van der Waals surface area contributed by atoms with E-state index in [1.807, 2.05) is 45.5 Å². The number of carbonyl (C=O) groups excluding carboxylic acids is 1. The van der Waals surface area contributed by atoms with Crippen molar-refractivity contribution in [1.82, 2.24) is 19.9 Å². The Morgan fingerprint density at radius 2 is 1.80 bits per heavy atom. The first-order valence-corrected chi connectivity index (χ1v) is 15.7. The van der Waals surface area contributed by atoms with E-state index in [1.165, 1.54) is 12.1 Å². The predicted octanol–water partition coefficient (Wildman–Crippen LogP) is 6.82. The van der Waals surface area contributed by atoms with E-state index in [-0.39, 0.29) is 23.0 Å². The highest BCUT2D eigenvalue weighted by Crippen LogP contribution is 2.37. The van der Waals surface area contributed by atoms with Crippen LogP contribution in [0.3, 0.4) is 0 Å². The van der Waals surface area contributed by atoms with Crippen LogP contribution in [0.25, 0.3) is 21.3 Å². The van der Waals surface area contributed by atoms with Crippen LogP contribution in [0, 0.1) is 0 Å². The molecule has 3 aromatic heterocycles. The number of hydrogen-bond acceptors (Lipinski definition) is 8. The monoisotopic (exact) mass is 649 g/mol. The molecule has 2 aromatic carbocycles. The van der Waals surface area contributed by atoms with Crippen LogP contribution < -0.4 is 15.1 Å². The third-order valence-electron chi connectivity index (χ3n) is 8.15. The predicted molar refractivity (Wildman–Crippen MR) is 171 cm³/mol. The zero-order chi connectivity index (χ0) is 31.1. The number of benzene rings is 2. The maximum atomic E-state index is 13.8. The van der Waals surface area contributed by atoms with Crippen molar-refractivity contribution in [3.05, 3.63) is 94.2 Å². The average Bonchev–Trinajstić information content (AvgIpc) is 3.53. The number of rotatable bonds is 5. The molecule has 1 saturated heterocycles. The van der Waals surface area contributed by atoms with E-state index in [0.29, 0.717) is 56.3 Å². The summed E-state index contributed by atoms with van der Waals surface area (Å²) in [6, 6.07) is 14.9. The lowest BCUT2D eigenvalue weighted by Crippen LogP contribution is -2.49. The fraction of sp³-hybridized carbons (Fsp3) is 0.250. The minimum atomic E-state index is -4.50. The van der Waals surface area contributed by atoms with E-state index in [2.05, 4.69) is 25.2 Å². The van der Waals surface area contributed by atoms with Gasteiger partial charge in [0.2, 0.25) is 0 Å². The number of fused-ring (bicyclic) bond motifs is 2. The molecule has 8 nitrogen and oxygen atoms in total. The first kappa shape index (κ1) is 29.3. The number of thiophene rings is 1. The zero-order valence-electron chi connectivity index (χ0n) is 23.9. The molecule has 0 spiro atoms. The van der Waals surface area contributed by atoms with Gasteiger partial charge in [-0.2, -0.15) is 13.2 Å². The smallest absolute Gasteiger partial charge is 0.367 e. The summed E-state index contributed by atoms with van der Waals surface area (Å²) in [6.45, 7) is 3.49. The Kier molecular flexibility index (Phi) is 7.70.